The molecule has 0 aliphatic carbocycles. The minimum Gasteiger partial charge on any atom is -0.392 e. The molecule has 2 N–H and O–H groups in total. The Morgan fingerprint density at radius 3 is 2.67 bits per heavy atom. The van der Waals surface area contributed by atoms with Gasteiger partial charge in [-0.15, -0.1) is 11.3 Å². The van der Waals surface area contributed by atoms with E-state index in [1.165, 1.54) is 11.4 Å². The van der Waals surface area contributed by atoms with Crippen molar-refractivity contribution in [1.82, 2.24) is 4.72 Å². The molecule has 0 aliphatic rings. The van der Waals surface area contributed by atoms with Crippen LogP contribution in [-0.4, -0.2) is 26.5 Å². The predicted molar refractivity (Wildman–Crippen MR) is 51.4 cm³/mol. The van der Waals surface area contributed by atoms with Gasteiger partial charge in [-0.2, -0.15) is 0 Å². The Morgan fingerprint density at radius 1 is 1.53 bits per heavy atom. The van der Waals surface area contributed by atoms with Crippen LogP contribution in [0.15, 0.2) is 15.7 Å². The van der Waals surface area contributed by atoms with Gasteiger partial charge >= 0.3 is 0 Å². The van der Waals surface area contributed by atoms with E-state index in [9.17, 15) is 17.2 Å². The summed E-state index contributed by atoms with van der Waals surface area (Å²) in [4.78, 5) is 0. The largest absolute Gasteiger partial charge is 0.392 e. The average molecular weight is 257 g/mol. The summed E-state index contributed by atoms with van der Waals surface area (Å²) in [7, 11) is -3.87. The summed E-state index contributed by atoms with van der Waals surface area (Å²) in [5.41, 5.74) is 0.442. The second-order valence-electron chi connectivity index (χ2n) is 2.68. The quantitative estimate of drug-likeness (QED) is 0.819. The van der Waals surface area contributed by atoms with Crippen molar-refractivity contribution in [3.05, 3.63) is 17.0 Å². The number of hydrogen-bond donors (Lipinski definition) is 2. The molecule has 0 aliphatic heterocycles. The molecule has 0 saturated carbocycles. The van der Waals surface area contributed by atoms with Crippen LogP contribution in [0, 0.1) is 0 Å². The van der Waals surface area contributed by atoms with Crippen LogP contribution in [0.3, 0.4) is 0 Å². The first-order valence-corrected chi connectivity index (χ1v) is 6.28. The van der Waals surface area contributed by atoms with Gasteiger partial charge in [-0.3, -0.25) is 0 Å². The highest BCUT2D eigenvalue weighted by molar-refractivity contribution is 7.91. The fourth-order valence-corrected chi connectivity index (χ4v) is 3.07. The number of aliphatic hydroxyl groups is 1. The molecule has 0 amide bonds. The molecule has 0 spiro atoms. The lowest BCUT2D eigenvalue weighted by atomic mass is 10.4. The number of halogens is 2. The smallest absolute Gasteiger partial charge is 0.251 e. The van der Waals surface area contributed by atoms with Gasteiger partial charge < -0.3 is 5.11 Å². The molecular formula is C7H9F2NO3S2. The van der Waals surface area contributed by atoms with Gasteiger partial charge in [0.05, 0.1) is 13.2 Å². The van der Waals surface area contributed by atoms with Crippen LogP contribution in [0.25, 0.3) is 0 Å². The van der Waals surface area contributed by atoms with Crippen molar-refractivity contribution in [3.63, 3.8) is 0 Å². The molecule has 1 aromatic rings. The second kappa shape index (κ2) is 4.97. The second-order valence-corrected chi connectivity index (χ2v) is 5.58. The van der Waals surface area contributed by atoms with E-state index in [1.54, 1.807) is 4.72 Å². The molecule has 0 fully saturated rings. The average Bonchev–Trinajstić information content (AvgIpc) is 2.63. The number of hydrogen-bond acceptors (Lipinski definition) is 4. The normalized spacial score (nSPS) is 12.3. The van der Waals surface area contributed by atoms with E-state index >= 15 is 0 Å². The minimum atomic E-state index is -3.87. The topological polar surface area (TPSA) is 66.4 Å². The maximum atomic E-state index is 11.8. The zero-order chi connectivity index (χ0) is 11.5. The molecule has 0 atom stereocenters. The zero-order valence-electron chi connectivity index (χ0n) is 7.48. The lowest BCUT2D eigenvalue weighted by Gasteiger charge is -2.02. The highest BCUT2D eigenvalue weighted by Crippen LogP contribution is 2.19. The van der Waals surface area contributed by atoms with Gasteiger partial charge in [-0.05, 0) is 17.0 Å². The SMILES string of the molecule is O=S(=O)(NCC(F)F)c1cc(CO)cs1. The predicted octanol–water partition coefficient (Wildman–Crippen LogP) is 0.784. The number of alkyl halides is 2. The van der Waals surface area contributed by atoms with Gasteiger partial charge in [0.1, 0.15) is 4.21 Å². The van der Waals surface area contributed by atoms with Gasteiger partial charge in [0.15, 0.2) is 0 Å². The first kappa shape index (κ1) is 12.5. The molecule has 0 aromatic carbocycles. The van der Waals surface area contributed by atoms with Crippen molar-refractivity contribution in [3.8, 4) is 0 Å². The lowest BCUT2D eigenvalue weighted by molar-refractivity contribution is 0.153. The highest BCUT2D eigenvalue weighted by Gasteiger charge is 2.18. The Morgan fingerprint density at radius 2 is 2.20 bits per heavy atom. The third kappa shape index (κ3) is 3.49. The first-order chi connectivity index (χ1) is 6.95. The van der Waals surface area contributed by atoms with Gasteiger partial charge in [0, 0.05) is 0 Å². The fraction of sp³-hybridized carbons (Fsp3) is 0.429. The van der Waals surface area contributed by atoms with Crippen LogP contribution in [0.5, 0.6) is 0 Å². The molecule has 0 bridgehead atoms. The van der Waals surface area contributed by atoms with Crippen LogP contribution in [-0.2, 0) is 16.6 Å². The van der Waals surface area contributed by atoms with E-state index in [0.29, 0.717) is 5.56 Å². The Bertz CT molecular complexity index is 416. The van der Waals surface area contributed by atoms with Crippen molar-refractivity contribution in [1.29, 1.82) is 0 Å². The summed E-state index contributed by atoms with van der Waals surface area (Å²) < 4.78 is 48.0. The molecule has 0 unspecified atom stereocenters. The summed E-state index contributed by atoms with van der Waals surface area (Å²) in [6.07, 6.45) is -2.72. The third-order valence-corrected chi connectivity index (χ3v) is 4.42. The summed E-state index contributed by atoms with van der Waals surface area (Å²) in [6.45, 7) is -1.18. The minimum absolute atomic E-state index is 0.0767. The van der Waals surface area contributed by atoms with E-state index < -0.39 is 23.0 Å². The molecule has 1 aromatic heterocycles. The van der Waals surface area contributed by atoms with Crippen LogP contribution in [0.2, 0.25) is 0 Å². The number of rotatable bonds is 5. The molecule has 86 valence electrons. The molecule has 0 radical (unpaired) electrons. The number of nitrogens with one attached hydrogen (secondary N) is 1. The molecule has 0 saturated heterocycles. The maximum absolute atomic E-state index is 11.8. The van der Waals surface area contributed by atoms with E-state index in [4.69, 9.17) is 5.11 Å². The Kier molecular flexibility index (Phi) is 4.14. The van der Waals surface area contributed by atoms with Crippen molar-refractivity contribution < 1.29 is 22.3 Å². The molecule has 15 heavy (non-hydrogen) atoms. The van der Waals surface area contributed by atoms with Gasteiger partial charge in [0.25, 0.3) is 6.43 Å². The first-order valence-electron chi connectivity index (χ1n) is 3.92. The summed E-state index contributed by atoms with van der Waals surface area (Å²) in [5.74, 6) is 0. The number of aliphatic hydroxyl groups excluding tert-OH is 1. The summed E-state index contributed by atoms with van der Waals surface area (Å²) in [5, 5.41) is 10.2. The molecular weight excluding hydrogens is 248 g/mol. The van der Waals surface area contributed by atoms with Gasteiger partial charge in [-0.1, -0.05) is 0 Å². The summed E-state index contributed by atoms with van der Waals surface area (Å²) >= 11 is 0.877. The standard InChI is InChI=1S/C7H9F2NO3S2/c8-6(9)2-10-15(12,13)7-1-5(3-11)4-14-7/h1,4,6,10-11H,2-3H2. The van der Waals surface area contributed by atoms with Gasteiger partial charge in [0.2, 0.25) is 10.0 Å². The Hall–Kier alpha value is -0.570. The van der Waals surface area contributed by atoms with Crippen LogP contribution in [0.4, 0.5) is 8.78 Å². The van der Waals surface area contributed by atoms with Crippen LogP contribution >= 0.6 is 11.3 Å². The molecule has 8 heteroatoms. The third-order valence-electron chi connectivity index (χ3n) is 1.50. The van der Waals surface area contributed by atoms with Crippen molar-refractivity contribution in [2.75, 3.05) is 6.54 Å². The van der Waals surface area contributed by atoms with Crippen molar-refractivity contribution in [2.45, 2.75) is 17.2 Å². The van der Waals surface area contributed by atoms with Crippen molar-refractivity contribution in [2.24, 2.45) is 0 Å². The molecule has 1 heterocycles. The maximum Gasteiger partial charge on any atom is 0.251 e. The molecule has 4 nitrogen and oxygen atoms in total. The zero-order valence-corrected chi connectivity index (χ0v) is 9.12. The molecule has 1 rings (SSSR count). The van der Waals surface area contributed by atoms with E-state index in [2.05, 4.69) is 0 Å². The lowest BCUT2D eigenvalue weighted by Crippen LogP contribution is -2.28. The van der Waals surface area contributed by atoms with Gasteiger partial charge in [-0.25, -0.2) is 21.9 Å². The highest BCUT2D eigenvalue weighted by atomic mass is 32.2. The number of sulfonamides is 1. The van der Waals surface area contributed by atoms with E-state index in [0.717, 1.165) is 11.3 Å². The fourth-order valence-electron chi connectivity index (χ4n) is 0.821. The monoisotopic (exact) mass is 257 g/mol. The van der Waals surface area contributed by atoms with Crippen LogP contribution in [0.1, 0.15) is 5.56 Å². The Balaban J connectivity index is 2.77. The summed E-state index contributed by atoms with van der Waals surface area (Å²) in [6, 6.07) is 1.25. The Labute approximate surface area is 89.6 Å². The van der Waals surface area contributed by atoms with Crippen LogP contribution < -0.4 is 4.72 Å². The van der Waals surface area contributed by atoms with E-state index in [-0.39, 0.29) is 10.8 Å². The number of thiophene rings is 1. The van der Waals surface area contributed by atoms with E-state index in [1.807, 2.05) is 0 Å². The van der Waals surface area contributed by atoms with Crippen molar-refractivity contribution >= 4 is 21.4 Å².